The molecule has 1 rings (SSSR count). The Labute approximate surface area is 97.3 Å². The number of aromatic nitrogens is 2. The van der Waals surface area contributed by atoms with Gasteiger partial charge in [0.2, 0.25) is 10.0 Å². The third kappa shape index (κ3) is 3.20. The molecule has 0 radical (unpaired) electrons. The first-order valence-corrected chi connectivity index (χ1v) is 6.22. The molecule has 0 unspecified atom stereocenters. The van der Waals surface area contributed by atoms with E-state index in [9.17, 15) is 17.2 Å². The normalized spacial score (nSPS) is 12.6. The minimum Gasteiger partial charge on any atom is -0.395 e. The monoisotopic (exact) mass is 269 g/mol. The molecule has 0 amide bonds. The number of aliphatic hydroxyl groups excluding tert-OH is 1. The molecule has 2 N–H and O–H groups in total. The summed E-state index contributed by atoms with van der Waals surface area (Å²) in [6.45, 7) is -0.382. The zero-order valence-corrected chi connectivity index (χ0v) is 9.91. The fourth-order valence-electron chi connectivity index (χ4n) is 1.31. The third-order valence-electron chi connectivity index (χ3n) is 2.09. The number of aliphatic hydroxyl groups is 1. The van der Waals surface area contributed by atoms with Gasteiger partial charge in [0, 0.05) is 6.54 Å². The van der Waals surface area contributed by atoms with E-state index >= 15 is 0 Å². The zero-order chi connectivity index (χ0) is 13.1. The van der Waals surface area contributed by atoms with Gasteiger partial charge in [-0.15, -0.1) is 0 Å². The third-order valence-corrected chi connectivity index (χ3v) is 4.07. The van der Waals surface area contributed by atoms with Crippen LogP contribution in [0.4, 0.5) is 8.78 Å². The summed E-state index contributed by atoms with van der Waals surface area (Å²) in [4.78, 5) is -0.161. The second kappa shape index (κ2) is 5.52. The number of aryl methyl sites for hydroxylation is 1. The van der Waals surface area contributed by atoms with E-state index in [1.165, 1.54) is 6.92 Å². The van der Waals surface area contributed by atoms with E-state index in [2.05, 4.69) is 10.2 Å². The van der Waals surface area contributed by atoms with E-state index in [0.29, 0.717) is 4.31 Å². The molecule has 9 heteroatoms. The number of alkyl halides is 2. The number of hydrogen-bond donors (Lipinski definition) is 2. The Morgan fingerprint density at radius 1 is 1.59 bits per heavy atom. The predicted octanol–water partition coefficient (Wildman–Crippen LogP) is -0.0338. The molecule has 0 fully saturated rings. The number of halogens is 2. The van der Waals surface area contributed by atoms with Crippen LogP contribution >= 0.6 is 0 Å². The summed E-state index contributed by atoms with van der Waals surface area (Å²) < 4.78 is 49.0. The van der Waals surface area contributed by atoms with Crippen LogP contribution in [0.1, 0.15) is 5.69 Å². The Kier molecular flexibility index (Phi) is 4.54. The van der Waals surface area contributed by atoms with Crippen molar-refractivity contribution in [2.45, 2.75) is 18.2 Å². The number of aromatic amines is 1. The summed E-state index contributed by atoms with van der Waals surface area (Å²) in [7, 11) is -4.05. The Morgan fingerprint density at radius 3 is 2.65 bits per heavy atom. The van der Waals surface area contributed by atoms with Crippen LogP contribution in [0.25, 0.3) is 0 Å². The van der Waals surface area contributed by atoms with E-state index < -0.39 is 29.6 Å². The summed E-state index contributed by atoms with van der Waals surface area (Å²) in [5.41, 5.74) is 0.266. The summed E-state index contributed by atoms with van der Waals surface area (Å²) in [5.74, 6) is 0. The number of nitrogens with zero attached hydrogens (tertiary/aromatic N) is 2. The summed E-state index contributed by atoms with van der Waals surface area (Å²) >= 11 is 0. The number of hydrogen-bond acceptors (Lipinski definition) is 4. The first-order chi connectivity index (χ1) is 7.89. The first kappa shape index (κ1) is 14.0. The van der Waals surface area contributed by atoms with E-state index in [1.807, 2.05) is 0 Å². The molecule has 0 bridgehead atoms. The van der Waals surface area contributed by atoms with Crippen LogP contribution in [0.15, 0.2) is 11.1 Å². The molecule has 0 aliphatic heterocycles. The standard InChI is InChI=1S/C8H13F2N3O3S/c1-6-7(4-11-12-6)17(15,16)13(2-3-14)5-8(9)10/h4,8,14H,2-3,5H2,1H3,(H,11,12). The van der Waals surface area contributed by atoms with Crippen LogP contribution in [-0.4, -0.2) is 54.1 Å². The Bertz CT molecular complexity index is 460. The van der Waals surface area contributed by atoms with Crippen molar-refractivity contribution in [3.8, 4) is 0 Å². The fourth-order valence-corrected chi connectivity index (χ4v) is 2.84. The topological polar surface area (TPSA) is 86.3 Å². The maximum Gasteiger partial charge on any atom is 0.252 e. The number of nitrogens with one attached hydrogen (secondary N) is 1. The summed E-state index contributed by atoms with van der Waals surface area (Å²) in [6, 6.07) is 0. The highest BCUT2D eigenvalue weighted by Crippen LogP contribution is 2.18. The molecule has 0 saturated carbocycles. The molecule has 0 saturated heterocycles. The number of rotatable bonds is 6. The summed E-state index contributed by atoms with van der Waals surface area (Å²) in [5, 5.41) is 14.7. The largest absolute Gasteiger partial charge is 0.395 e. The van der Waals surface area contributed by atoms with Gasteiger partial charge < -0.3 is 5.11 Å². The van der Waals surface area contributed by atoms with E-state index in [-0.39, 0.29) is 17.1 Å². The Balaban J connectivity index is 3.04. The van der Waals surface area contributed by atoms with Gasteiger partial charge in [-0.3, -0.25) is 5.10 Å². The minimum atomic E-state index is -4.05. The quantitative estimate of drug-likeness (QED) is 0.759. The van der Waals surface area contributed by atoms with Gasteiger partial charge in [0.05, 0.1) is 25.0 Å². The molecular weight excluding hydrogens is 256 g/mol. The fraction of sp³-hybridized carbons (Fsp3) is 0.625. The summed E-state index contributed by atoms with van der Waals surface area (Å²) in [6.07, 6.45) is -1.75. The maximum atomic E-state index is 12.3. The van der Waals surface area contributed by atoms with Gasteiger partial charge in [-0.05, 0) is 6.92 Å². The lowest BCUT2D eigenvalue weighted by molar-refractivity contribution is 0.113. The van der Waals surface area contributed by atoms with E-state index in [4.69, 9.17) is 5.11 Å². The van der Waals surface area contributed by atoms with Gasteiger partial charge >= 0.3 is 0 Å². The SMILES string of the molecule is Cc1[nH]ncc1S(=O)(=O)N(CCO)CC(F)F. The molecule has 6 nitrogen and oxygen atoms in total. The number of H-pyrrole nitrogens is 1. The zero-order valence-electron chi connectivity index (χ0n) is 9.10. The van der Waals surface area contributed by atoms with Crippen molar-refractivity contribution in [2.75, 3.05) is 19.7 Å². The van der Waals surface area contributed by atoms with Crippen LogP contribution in [-0.2, 0) is 10.0 Å². The van der Waals surface area contributed by atoms with Crippen molar-refractivity contribution in [1.29, 1.82) is 0 Å². The molecule has 0 aliphatic rings. The van der Waals surface area contributed by atoms with Crippen molar-refractivity contribution in [3.05, 3.63) is 11.9 Å². The molecular formula is C8H13F2N3O3S. The van der Waals surface area contributed by atoms with Crippen molar-refractivity contribution in [3.63, 3.8) is 0 Å². The smallest absolute Gasteiger partial charge is 0.252 e. The lowest BCUT2D eigenvalue weighted by Crippen LogP contribution is -2.37. The molecule has 0 aliphatic carbocycles. The van der Waals surface area contributed by atoms with Crippen LogP contribution in [0.3, 0.4) is 0 Å². The maximum absolute atomic E-state index is 12.3. The highest BCUT2D eigenvalue weighted by molar-refractivity contribution is 7.89. The first-order valence-electron chi connectivity index (χ1n) is 4.78. The predicted molar refractivity (Wildman–Crippen MR) is 55.2 cm³/mol. The van der Waals surface area contributed by atoms with Gasteiger partial charge in [0.25, 0.3) is 6.43 Å². The highest BCUT2D eigenvalue weighted by Gasteiger charge is 2.29. The number of sulfonamides is 1. The van der Waals surface area contributed by atoms with Crippen LogP contribution < -0.4 is 0 Å². The second-order valence-electron chi connectivity index (χ2n) is 3.34. The Morgan fingerprint density at radius 2 is 2.24 bits per heavy atom. The van der Waals surface area contributed by atoms with Crippen LogP contribution in [0, 0.1) is 6.92 Å². The van der Waals surface area contributed by atoms with Crippen molar-refractivity contribution < 1.29 is 22.3 Å². The van der Waals surface area contributed by atoms with Crippen molar-refractivity contribution >= 4 is 10.0 Å². The van der Waals surface area contributed by atoms with Gasteiger partial charge in [0.1, 0.15) is 4.90 Å². The van der Waals surface area contributed by atoms with Gasteiger partial charge in [0.15, 0.2) is 0 Å². The lowest BCUT2D eigenvalue weighted by Gasteiger charge is -2.20. The minimum absolute atomic E-state index is 0.161. The molecule has 1 aromatic rings. The van der Waals surface area contributed by atoms with Gasteiger partial charge in [-0.1, -0.05) is 0 Å². The molecule has 98 valence electrons. The van der Waals surface area contributed by atoms with Crippen LogP contribution in [0.2, 0.25) is 0 Å². The molecule has 1 aromatic heterocycles. The van der Waals surface area contributed by atoms with Crippen LogP contribution in [0.5, 0.6) is 0 Å². The average molecular weight is 269 g/mol. The average Bonchev–Trinajstić information content (AvgIpc) is 2.63. The highest BCUT2D eigenvalue weighted by atomic mass is 32.2. The van der Waals surface area contributed by atoms with Crippen molar-refractivity contribution in [1.82, 2.24) is 14.5 Å². The van der Waals surface area contributed by atoms with Crippen molar-refractivity contribution in [2.24, 2.45) is 0 Å². The molecule has 0 spiro atoms. The molecule has 0 aromatic carbocycles. The molecule has 0 atom stereocenters. The molecule has 17 heavy (non-hydrogen) atoms. The second-order valence-corrected chi connectivity index (χ2v) is 5.24. The molecule has 1 heterocycles. The Hall–Kier alpha value is -1.06. The van der Waals surface area contributed by atoms with E-state index in [1.54, 1.807) is 0 Å². The van der Waals surface area contributed by atoms with E-state index in [0.717, 1.165) is 6.20 Å². The lowest BCUT2D eigenvalue weighted by atomic mass is 10.5. The van der Waals surface area contributed by atoms with Gasteiger partial charge in [-0.25, -0.2) is 17.2 Å². The van der Waals surface area contributed by atoms with Gasteiger partial charge in [-0.2, -0.15) is 9.40 Å².